The lowest BCUT2D eigenvalue weighted by atomic mass is 9.61. The van der Waals surface area contributed by atoms with Gasteiger partial charge in [-0.3, -0.25) is 0 Å². The van der Waals surface area contributed by atoms with Crippen LogP contribution < -0.4 is 18.9 Å². The standard InChI is InChI=1S/C27H25NO5.3C27H25NO4S/c1-15-7-8-22(32-12-17-10-27(11-17)13-31-14-27)23-19(26(29)30)9-20(28-24(15)23)25-16(2)18-5-3-4-6-21(18)33-25;1-15-7-8-21(32-12-17-10-27(11-17)13-31-14-27)23-19(26(29)30)9-20(28-24(15)23)25-16(2)18-5-3-4-6-22(18)33-25;2*1-15-7-8-21(31-14-17-12-27(13-17)9-10-32-27)23-19(26(29)30)11-20(28-24(15)23)25-16(2)18-5-3-4-6-22(18)33-25/h2*3-9,17H,10-14H2,1-2H3,(H,29,30);2*3-8,11,17H,9-10,12-14H2,1-2H3,(H,29,30). The SMILES string of the molecule is Cc1c(-c2cc(C(=O)O)c3c(OCC4CC5(CCO5)C4)ccc(C)c3n2)sc2ccccc12.Cc1c(-c2cc(C(=O)O)c3c(OCC4CC5(CCO5)C4)ccc(C)c3n2)sc2ccccc12.Cc1c(-c2cc(C(=O)O)c3c(OCC4CC5(COC5)C4)ccc(C)c3n2)oc2ccccc12.Cc1c(-c2cc(C(=O)O)c3c(OCC4CC5(COC5)C4)ccc(C)c3n2)sc2ccccc12. The van der Waals surface area contributed by atoms with E-state index in [1.807, 2.05) is 144 Å². The molecular formula is C108H100N4O17S3. The molecule has 0 radical (unpaired) electrons. The number of rotatable bonds is 20. The number of fused-ring (bicyclic) bond motifs is 8. The van der Waals surface area contributed by atoms with Gasteiger partial charge in [-0.25, -0.2) is 39.1 Å². The first kappa shape index (κ1) is 86.5. The van der Waals surface area contributed by atoms with Crippen LogP contribution in [0.15, 0.2) is 174 Å². The summed E-state index contributed by atoms with van der Waals surface area (Å²) in [6.45, 7) is 23.5. The van der Waals surface area contributed by atoms with Crippen molar-refractivity contribution in [2.75, 3.05) is 66.1 Å². The molecule has 8 aliphatic rings. The monoisotopic (exact) mass is 1820 g/mol. The summed E-state index contributed by atoms with van der Waals surface area (Å²) >= 11 is 4.95. The van der Waals surface area contributed by atoms with Crippen molar-refractivity contribution in [2.45, 2.75) is 131 Å². The fraction of sp³-hybridized carbons (Fsp3) is 0.333. The van der Waals surface area contributed by atoms with Gasteiger partial charge in [0, 0.05) is 35.9 Å². The van der Waals surface area contributed by atoms with E-state index in [9.17, 15) is 39.6 Å². The molecule has 16 aromatic rings. The highest BCUT2D eigenvalue weighted by atomic mass is 32.1. The minimum Gasteiger partial charge on any atom is -0.493 e. The Labute approximate surface area is 773 Å². The predicted octanol–water partition coefficient (Wildman–Crippen LogP) is 24.8. The Morgan fingerprint density at radius 1 is 0.356 bits per heavy atom. The van der Waals surface area contributed by atoms with E-state index in [-0.39, 0.29) is 33.5 Å². The quantitative estimate of drug-likeness (QED) is 0.0551. The van der Waals surface area contributed by atoms with E-state index >= 15 is 0 Å². The van der Waals surface area contributed by atoms with Crippen LogP contribution in [0.2, 0.25) is 0 Å². The average molecular weight is 1820 g/mol. The van der Waals surface area contributed by atoms with Crippen LogP contribution in [0.5, 0.6) is 23.0 Å². The molecule has 21 nitrogen and oxygen atoms in total. The molecule has 24 rings (SSSR count). The van der Waals surface area contributed by atoms with Crippen molar-refractivity contribution in [2.24, 2.45) is 34.5 Å². The lowest BCUT2D eigenvalue weighted by molar-refractivity contribution is -0.216. The summed E-state index contributed by atoms with van der Waals surface area (Å²) in [5.74, 6) is 0.897. The Morgan fingerprint density at radius 2 is 0.636 bits per heavy atom. The van der Waals surface area contributed by atoms with E-state index in [1.165, 1.54) is 30.3 Å². The Morgan fingerprint density at radius 3 is 0.909 bits per heavy atom. The molecule has 0 atom stereocenters. The summed E-state index contributed by atoms with van der Waals surface area (Å²) < 4.78 is 56.5. The number of carboxylic acids is 4. The number of para-hydroxylation sites is 1. The van der Waals surface area contributed by atoms with Crippen molar-refractivity contribution in [1.29, 1.82) is 0 Å². The topological polar surface area (TPSA) is 288 Å². The molecule has 24 heteroatoms. The first-order valence-corrected chi connectivity index (χ1v) is 47.8. The minimum absolute atomic E-state index is 0.105. The maximum atomic E-state index is 12.4. The van der Waals surface area contributed by atoms with Crippen LogP contribution in [0.25, 0.3) is 128 Å². The molecule has 4 N–H and O–H groups in total. The number of thiophene rings is 3. The number of carboxylic acid groups (broad SMARTS) is 4. The van der Waals surface area contributed by atoms with Crippen LogP contribution in [0.4, 0.5) is 0 Å². The van der Waals surface area contributed by atoms with Gasteiger partial charge in [0.25, 0.3) is 0 Å². The third-order valence-corrected chi connectivity index (χ3v) is 32.6. The van der Waals surface area contributed by atoms with Crippen molar-refractivity contribution in [3.8, 4) is 66.2 Å². The number of aromatic carboxylic acids is 4. The first-order valence-electron chi connectivity index (χ1n) is 45.4. The minimum atomic E-state index is -1.01. The Kier molecular flexibility index (Phi) is 22.3. The van der Waals surface area contributed by atoms with Gasteiger partial charge >= 0.3 is 23.9 Å². The number of benzene rings is 8. The number of aryl methyl sites for hydroxylation is 8. The summed E-state index contributed by atoms with van der Waals surface area (Å²) in [7, 11) is 0. The average Bonchev–Trinajstić information content (AvgIpc) is 1.15. The zero-order chi connectivity index (χ0) is 91.0. The van der Waals surface area contributed by atoms with Crippen molar-refractivity contribution < 1.29 is 81.9 Å². The normalized spacial score (nSPS) is 18.5. The highest BCUT2D eigenvalue weighted by molar-refractivity contribution is 7.23. The van der Waals surface area contributed by atoms with Crippen molar-refractivity contribution in [3.63, 3.8) is 0 Å². The molecule has 0 unspecified atom stereocenters. The largest absolute Gasteiger partial charge is 0.493 e. The van der Waals surface area contributed by atoms with Crippen LogP contribution in [0, 0.1) is 89.9 Å². The second kappa shape index (κ2) is 34.1. The van der Waals surface area contributed by atoms with Crippen molar-refractivity contribution in [3.05, 3.63) is 237 Å². The fourth-order valence-corrected chi connectivity index (χ4v) is 24.9. The molecule has 4 aliphatic heterocycles. The van der Waals surface area contributed by atoms with Gasteiger partial charge in [0.15, 0.2) is 5.76 Å². The molecule has 672 valence electrons. The zero-order valence-electron chi connectivity index (χ0n) is 74.7. The van der Waals surface area contributed by atoms with Crippen molar-refractivity contribution in [1.82, 2.24) is 19.9 Å². The molecule has 8 aromatic carbocycles. The van der Waals surface area contributed by atoms with Gasteiger partial charge in [0.2, 0.25) is 0 Å². The van der Waals surface area contributed by atoms with E-state index < -0.39 is 23.9 Å². The van der Waals surface area contributed by atoms with E-state index in [4.69, 9.17) is 62.2 Å². The number of hydrogen-bond donors (Lipinski definition) is 4. The number of ether oxygens (including phenoxy) is 8. The number of hydrogen-bond acceptors (Lipinski definition) is 20. The number of aromatic nitrogens is 4. The lowest BCUT2D eigenvalue weighted by Crippen LogP contribution is -2.55. The third-order valence-electron chi connectivity index (χ3n) is 28.7. The summed E-state index contributed by atoms with van der Waals surface area (Å²) in [5.41, 5.74) is 15.9. The van der Waals surface area contributed by atoms with E-state index in [1.54, 1.807) is 58.3 Å². The molecular weight excluding hydrogens is 1720 g/mol. The molecule has 4 spiro atoms. The smallest absolute Gasteiger partial charge is 0.336 e. The maximum absolute atomic E-state index is 12.4. The van der Waals surface area contributed by atoms with Crippen LogP contribution in [0.3, 0.4) is 0 Å². The van der Waals surface area contributed by atoms with Gasteiger partial charge < -0.3 is 62.7 Å². The molecule has 0 amide bonds. The summed E-state index contributed by atoms with van der Waals surface area (Å²) in [6, 6.07) is 54.5. The predicted molar refractivity (Wildman–Crippen MR) is 516 cm³/mol. The van der Waals surface area contributed by atoms with Gasteiger partial charge in [-0.2, -0.15) is 0 Å². The molecule has 0 bridgehead atoms. The van der Waals surface area contributed by atoms with Crippen LogP contribution in [-0.2, 0) is 18.9 Å². The first-order chi connectivity index (χ1) is 63.8. The van der Waals surface area contributed by atoms with E-state index in [0.29, 0.717) is 156 Å². The summed E-state index contributed by atoms with van der Waals surface area (Å²) in [5, 5.41) is 47.3. The number of pyridine rings is 4. The Balaban J connectivity index is 0.000000106. The third kappa shape index (κ3) is 15.7. The van der Waals surface area contributed by atoms with E-state index in [2.05, 4.69) is 57.2 Å². The second-order valence-corrected chi connectivity index (χ2v) is 41.1. The molecule has 8 aromatic heterocycles. The second-order valence-electron chi connectivity index (χ2n) is 38.0. The highest BCUT2D eigenvalue weighted by Crippen LogP contribution is 2.55. The number of nitrogens with zero attached hydrogens (tertiary/aromatic N) is 4. The Bertz CT molecular complexity index is 6510. The molecule has 4 saturated carbocycles. The number of furan rings is 1. The van der Waals surface area contributed by atoms with Gasteiger partial charge in [0.1, 0.15) is 34.3 Å². The maximum Gasteiger partial charge on any atom is 0.336 e. The van der Waals surface area contributed by atoms with Gasteiger partial charge in [-0.15, -0.1) is 34.0 Å². The fourth-order valence-electron chi connectivity index (χ4n) is 21.4. The number of carbonyl (C=O) groups is 4. The molecule has 132 heavy (non-hydrogen) atoms. The molecule has 8 fully saturated rings. The van der Waals surface area contributed by atoms with Gasteiger partial charge in [-0.05, 0) is 271 Å². The van der Waals surface area contributed by atoms with Gasteiger partial charge in [-0.1, -0.05) is 97.1 Å². The molecule has 4 aliphatic carbocycles. The van der Waals surface area contributed by atoms with Crippen LogP contribution >= 0.6 is 34.0 Å². The molecule has 4 saturated heterocycles. The van der Waals surface area contributed by atoms with Crippen LogP contribution in [0.1, 0.15) is 150 Å². The molecule has 12 heterocycles. The lowest BCUT2D eigenvalue weighted by Gasteiger charge is -2.53. The summed E-state index contributed by atoms with van der Waals surface area (Å²) in [4.78, 5) is 72.2. The van der Waals surface area contributed by atoms with Crippen LogP contribution in [-0.4, -0.2) is 142 Å². The van der Waals surface area contributed by atoms with Gasteiger partial charge in [0.05, 0.1) is 175 Å². The highest BCUT2D eigenvalue weighted by Gasteiger charge is 2.53. The zero-order valence-corrected chi connectivity index (χ0v) is 77.2. The van der Waals surface area contributed by atoms with E-state index in [0.717, 1.165) is 174 Å². The Hall–Kier alpha value is -12.3. The van der Waals surface area contributed by atoms with Crippen molar-refractivity contribution >= 4 is 143 Å². The summed E-state index contributed by atoms with van der Waals surface area (Å²) in [6.07, 6.45) is 10.8.